The third-order valence-electron chi connectivity index (χ3n) is 2.41. The van der Waals surface area contributed by atoms with Crippen LogP contribution in [0.25, 0.3) is 0 Å². The van der Waals surface area contributed by atoms with Gasteiger partial charge in [0.2, 0.25) is 5.95 Å². The third-order valence-corrected chi connectivity index (χ3v) is 2.41. The number of hydrogen-bond donors (Lipinski definition) is 2. The topological polar surface area (TPSA) is 82.9 Å². The summed E-state index contributed by atoms with van der Waals surface area (Å²) in [7, 11) is 0. The second kappa shape index (κ2) is 6.62. The van der Waals surface area contributed by atoms with Crippen molar-refractivity contribution in [1.29, 1.82) is 0 Å². The normalized spacial score (nSPS) is 12.9. The minimum absolute atomic E-state index is 0.0725. The lowest BCUT2D eigenvalue weighted by Gasteiger charge is -2.28. The van der Waals surface area contributed by atoms with Crippen LogP contribution in [-0.2, 0) is 4.74 Å². The molecule has 1 rings (SSSR count). The summed E-state index contributed by atoms with van der Waals surface area (Å²) in [6, 6.07) is 1.64. The van der Waals surface area contributed by atoms with Crippen molar-refractivity contribution >= 4 is 6.09 Å². The molecule has 0 saturated carbocycles. The van der Waals surface area contributed by atoms with Crippen LogP contribution in [0, 0.1) is 5.95 Å². The molecule has 0 bridgehead atoms. The number of hydroxylamine groups is 2. The van der Waals surface area contributed by atoms with Gasteiger partial charge in [0.15, 0.2) is 0 Å². The Morgan fingerprint density at radius 1 is 1.50 bits per heavy atom. The highest BCUT2D eigenvalue weighted by atomic mass is 19.1. The van der Waals surface area contributed by atoms with Gasteiger partial charge in [-0.05, 0) is 38.8 Å². The van der Waals surface area contributed by atoms with E-state index in [4.69, 9.17) is 9.84 Å². The maximum atomic E-state index is 12.8. The van der Waals surface area contributed by atoms with E-state index in [2.05, 4.69) is 4.98 Å². The average molecular weight is 286 g/mol. The number of aromatic nitrogens is 1. The number of pyridine rings is 1. The second-order valence-corrected chi connectivity index (χ2v) is 5.27. The van der Waals surface area contributed by atoms with Gasteiger partial charge in [-0.25, -0.2) is 9.78 Å². The zero-order chi connectivity index (χ0) is 15.3. The highest BCUT2D eigenvalue weighted by Crippen LogP contribution is 2.24. The highest BCUT2D eigenvalue weighted by Gasteiger charge is 2.28. The molecule has 0 saturated heterocycles. The van der Waals surface area contributed by atoms with Crippen LogP contribution < -0.4 is 0 Å². The number of nitrogens with zero attached hydrogens (tertiary/aromatic N) is 2. The van der Waals surface area contributed by atoms with Crippen molar-refractivity contribution in [2.75, 3.05) is 6.61 Å². The Kier molecular flexibility index (Phi) is 5.41. The van der Waals surface area contributed by atoms with Gasteiger partial charge in [-0.3, -0.25) is 5.21 Å². The predicted octanol–water partition coefficient (Wildman–Crippen LogP) is 2.27. The summed E-state index contributed by atoms with van der Waals surface area (Å²) in [6.07, 6.45) is 0.326. The molecule has 0 aliphatic carbocycles. The van der Waals surface area contributed by atoms with Gasteiger partial charge in [0.05, 0.1) is 6.04 Å². The summed E-state index contributed by atoms with van der Waals surface area (Å²) in [5.74, 6) is -0.668. The van der Waals surface area contributed by atoms with Gasteiger partial charge < -0.3 is 9.84 Å². The molecular formula is C13H19FN2O4. The lowest BCUT2D eigenvalue weighted by atomic mass is 10.1. The fraction of sp³-hybridized carbons (Fsp3) is 0.538. The summed E-state index contributed by atoms with van der Waals surface area (Å²) in [4.78, 5) is 15.3. The van der Waals surface area contributed by atoms with E-state index >= 15 is 0 Å². The van der Waals surface area contributed by atoms with Crippen molar-refractivity contribution in [1.82, 2.24) is 10.0 Å². The van der Waals surface area contributed by atoms with E-state index in [9.17, 15) is 14.4 Å². The van der Waals surface area contributed by atoms with Crippen LogP contribution in [0.5, 0.6) is 0 Å². The largest absolute Gasteiger partial charge is 0.442 e. The van der Waals surface area contributed by atoms with Gasteiger partial charge in [0, 0.05) is 12.8 Å². The smallest absolute Gasteiger partial charge is 0.434 e. The van der Waals surface area contributed by atoms with Crippen molar-refractivity contribution < 1.29 is 24.2 Å². The molecule has 0 radical (unpaired) electrons. The summed E-state index contributed by atoms with van der Waals surface area (Å²) in [6.45, 7) is 4.74. The Morgan fingerprint density at radius 2 is 2.15 bits per heavy atom. The Bertz CT molecular complexity index is 445. The molecule has 0 spiro atoms. The Balaban J connectivity index is 2.90. The Labute approximate surface area is 116 Å². The van der Waals surface area contributed by atoms with Crippen LogP contribution in [0.4, 0.5) is 9.18 Å². The van der Waals surface area contributed by atoms with E-state index in [1.54, 1.807) is 20.8 Å². The minimum Gasteiger partial charge on any atom is -0.442 e. The molecule has 2 N–H and O–H groups in total. The Hall–Kier alpha value is -1.73. The fourth-order valence-electron chi connectivity index (χ4n) is 1.57. The molecule has 112 valence electrons. The molecule has 20 heavy (non-hydrogen) atoms. The van der Waals surface area contributed by atoms with E-state index in [1.807, 2.05) is 0 Å². The molecule has 1 aromatic rings. The lowest BCUT2D eigenvalue weighted by molar-refractivity contribution is -0.125. The van der Waals surface area contributed by atoms with Crippen LogP contribution in [0.2, 0.25) is 0 Å². The van der Waals surface area contributed by atoms with Crippen LogP contribution in [0.1, 0.15) is 38.8 Å². The number of carbonyl (C=O) groups excluding carboxylic acids is 1. The number of rotatable bonds is 4. The van der Waals surface area contributed by atoms with Crippen molar-refractivity contribution in [3.8, 4) is 0 Å². The minimum atomic E-state index is -0.944. The first-order valence-electron chi connectivity index (χ1n) is 6.18. The first-order chi connectivity index (χ1) is 9.24. The number of aliphatic hydroxyl groups excluding tert-OH is 1. The maximum Gasteiger partial charge on any atom is 0.434 e. The van der Waals surface area contributed by atoms with E-state index < -0.39 is 23.7 Å². The molecule has 0 fully saturated rings. The van der Waals surface area contributed by atoms with Crippen molar-refractivity contribution in [2.24, 2.45) is 0 Å². The summed E-state index contributed by atoms with van der Waals surface area (Å²) < 4.78 is 17.8. The molecule has 6 nitrogen and oxygen atoms in total. The molecule has 7 heteroatoms. The van der Waals surface area contributed by atoms with Crippen molar-refractivity contribution in [2.45, 2.75) is 38.8 Å². The quantitative estimate of drug-likeness (QED) is 0.504. The molecule has 0 aliphatic rings. The van der Waals surface area contributed by atoms with Gasteiger partial charge >= 0.3 is 6.09 Å². The predicted molar refractivity (Wildman–Crippen MR) is 68.5 cm³/mol. The van der Waals surface area contributed by atoms with Gasteiger partial charge in [0.1, 0.15) is 5.60 Å². The average Bonchev–Trinajstić information content (AvgIpc) is 2.34. The number of carbonyl (C=O) groups is 1. The number of hydrogen-bond acceptors (Lipinski definition) is 5. The first kappa shape index (κ1) is 16.3. The molecular weight excluding hydrogens is 267 g/mol. The van der Waals surface area contributed by atoms with Gasteiger partial charge in [-0.2, -0.15) is 9.45 Å². The summed E-state index contributed by atoms with van der Waals surface area (Å²) in [5.41, 5.74) is -0.364. The highest BCUT2D eigenvalue weighted by molar-refractivity contribution is 5.67. The standard InChI is InChI=1S/C13H19FN2O4/c1-13(2,3)20-12(18)16(19)10(6-7-17)9-4-5-11(14)15-8-9/h4-5,8,10,17,19H,6-7H2,1-3H3/t10-/m0/s1. The van der Waals surface area contributed by atoms with Crippen LogP contribution in [-0.4, -0.2) is 38.7 Å². The van der Waals surface area contributed by atoms with Crippen molar-refractivity contribution in [3.05, 3.63) is 29.8 Å². The second-order valence-electron chi connectivity index (χ2n) is 5.27. The van der Waals surface area contributed by atoms with Crippen LogP contribution in [0.3, 0.4) is 0 Å². The van der Waals surface area contributed by atoms with Gasteiger partial charge in [-0.15, -0.1) is 0 Å². The zero-order valence-electron chi connectivity index (χ0n) is 11.7. The van der Waals surface area contributed by atoms with Gasteiger partial charge in [0.25, 0.3) is 0 Å². The van der Waals surface area contributed by atoms with Gasteiger partial charge in [-0.1, -0.05) is 6.07 Å². The number of amides is 1. The number of halogens is 1. The van der Waals surface area contributed by atoms with E-state index in [0.29, 0.717) is 10.6 Å². The Morgan fingerprint density at radius 3 is 2.60 bits per heavy atom. The maximum absolute atomic E-state index is 12.8. The summed E-state index contributed by atoms with van der Waals surface area (Å²) in [5, 5.41) is 19.3. The number of ether oxygens (including phenoxy) is 1. The summed E-state index contributed by atoms with van der Waals surface area (Å²) >= 11 is 0. The number of aliphatic hydroxyl groups is 1. The van der Waals surface area contributed by atoms with E-state index in [-0.39, 0.29) is 13.0 Å². The lowest BCUT2D eigenvalue weighted by Crippen LogP contribution is -2.37. The molecule has 1 atom stereocenters. The van der Waals surface area contributed by atoms with Crippen LogP contribution in [0.15, 0.2) is 18.3 Å². The molecule has 1 aromatic heterocycles. The zero-order valence-corrected chi connectivity index (χ0v) is 11.7. The van der Waals surface area contributed by atoms with E-state index in [0.717, 1.165) is 6.07 Å². The first-order valence-corrected chi connectivity index (χ1v) is 6.18. The fourth-order valence-corrected chi connectivity index (χ4v) is 1.57. The molecule has 1 amide bonds. The third kappa shape index (κ3) is 4.75. The van der Waals surface area contributed by atoms with Crippen LogP contribution >= 0.6 is 0 Å². The molecule has 1 heterocycles. The molecule has 0 unspecified atom stereocenters. The molecule has 0 aliphatic heterocycles. The van der Waals surface area contributed by atoms with E-state index in [1.165, 1.54) is 12.3 Å². The molecule has 0 aromatic carbocycles. The SMILES string of the molecule is CC(C)(C)OC(=O)N(O)[C@@H](CCO)c1ccc(F)nc1. The van der Waals surface area contributed by atoms with Crippen molar-refractivity contribution in [3.63, 3.8) is 0 Å². The monoisotopic (exact) mass is 286 g/mol.